The number of ether oxygens (including phenoxy) is 2. The molecule has 5 nitrogen and oxygen atoms in total. The Kier molecular flexibility index (Phi) is 6.83. The molecule has 0 aliphatic carbocycles. The smallest absolute Gasteiger partial charge is 0.261 e. The first kappa shape index (κ1) is 21.5. The molecule has 1 heterocycles. The molecule has 0 aliphatic heterocycles. The summed E-state index contributed by atoms with van der Waals surface area (Å²) in [6, 6.07) is 19.3. The zero-order chi connectivity index (χ0) is 21.6. The second kappa shape index (κ2) is 9.53. The minimum absolute atomic E-state index is 0.0485. The van der Waals surface area contributed by atoms with Gasteiger partial charge in [0.2, 0.25) is 0 Å². The Morgan fingerprint density at radius 1 is 0.933 bits per heavy atom. The van der Waals surface area contributed by atoms with Crippen molar-refractivity contribution >= 4 is 5.91 Å². The molecule has 0 saturated carbocycles. The molecule has 0 spiro atoms. The lowest BCUT2D eigenvalue weighted by molar-refractivity contribution is -0.134. The molecule has 0 bridgehead atoms. The largest absolute Gasteiger partial charge is 0.497 e. The molecule has 2 aromatic carbocycles. The number of hydrogen-bond donors (Lipinski definition) is 0. The summed E-state index contributed by atoms with van der Waals surface area (Å²) in [6.07, 6.45) is 1.62. The summed E-state index contributed by atoms with van der Waals surface area (Å²) in [5.74, 6) is 1.99. The van der Waals surface area contributed by atoms with Crippen molar-refractivity contribution in [2.24, 2.45) is 0 Å². The lowest BCUT2D eigenvalue weighted by atomic mass is 9.87. The Labute approximate surface area is 178 Å². The maximum atomic E-state index is 12.9. The molecule has 30 heavy (non-hydrogen) atoms. The third-order valence-corrected chi connectivity index (χ3v) is 4.89. The Balaban J connectivity index is 1.68. The van der Waals surface area contributed by atoms with Gasteiger partial charge in [0.05, 0.1) is 19.9 Å². The number of furan rings is 1. The van der Waals surface area contributed by atoms with Crippen LogP contribution in [0, 0.1) is 0 Å². The van der Waals surface area contributed by atoms with Gasteiger partial charge in [0.25, 0.3) is 5.91 Å². The highest BCUT2D eigenvalue weighted by molar-refractivity contribution is 5.77. The number of rotatable bonds is 8. The van der Waals surface area contributed by atoms with Gasteiger partial charge in [-0.05, 0) is 52.9 Å². The van der Waals surface area contributed by atoms with Gasteiger partial charge in [-0.15, -0.1) is 0 Å². The van der Waals surface area contributed by atoms with Gasteiger partial charge in [0.1, 0.15) is 17.3 Å². The van der Waals surface area contributed by atoms with Gasteiger partial charge in [0.15, 0.2) is 6.61 Å². The molecule has 1 amide bonds. The molecule has 0 saturated heterocycles. The van der Waals surface area contributed by atoms with Crippen molar-refractivity contribution in [2.45, 2.75) is 39.3 Å². The minimum atomic E-state index is -0.109. The van der Waals surface area contributed by atoms with E-state index >= 15 is 0 Å². The third kappa shape index (κ3) is 5.89. The molecule has 158 valence electrons. The summed E-state index contributed by atoms with van der Waals surface area (Å²) >= 11 is 0. The summed E-state index contributed by atoms with van der Waals surface area (Å²) in [5.41, 5.74) is 2.42. The average molecular weight is 408 g/mol. The van der Waals surface area contributed by atoms with Gasteiger partial charge in [-0.2, -0.15) is 0 Å². The van der Waals surface area contributed by atoms with E-state index in [2.05, 4.69) is 45.0 Å². The molecule has 0 N–H and O–H groups in total. The number of carbonyl (C=O) groups excluding carboxylic acids is 1. The first-order valence-corrected chi connectivity index (χ1v) is 10.0. The number of benzene rings is 2. The molecule has 0 unspecified atom stereocenters. The zero-order valence-corrected chi connectivity index (χ0v) is 18.1. The normalized spacial score (nSPS) is 11.2. The summed E-state index contributed by atoms with van der Waals surface area (Å²) in [5, 5.41) is 0. The van der Waals surface area contributed by atoms with Crippen LogP contribution in [0.5, 0.6) is 11.5 Å². The first-order valence-electron chi connectivity index (χ1n) is 10.0. The van der Waals surface area contributed by atoms with E-state index in [4.69, 9.17) is 13.9 Å². The van der Waals surface area contributed by atoms with Crippen LogP contribution in [-0.2, 0) is 23.3 Å². The van der Waals surface area contributed by atoms with Crippen molar-refractivity contribution in [2.75, 3.05) is 13.7 Å². The Morgan fingerprint density at radius 3 is 2.17 bits per heavy atom. The van der Waals surface area contributed by atoms with Crippen LogP contribution in [-0.4, -0.2) is 24.5 Å². The molecule has 3 aromatic rings. The first-order chi connectivity index (χ1) is 14.3. The van der Waals surface area contributed by atoms with Crippen molar-refractivity contribution in [3.63, 3.8) is 0 Å². The number of methoxy groups -OCH3 is 1. The molecule has 0 aliphatic rings. The van der Waals surface area contributed by atoms with Crippen LogP contribution in [0.2, 0.25) is 0 Å². The van der Waals surface area contributed by atoms with Crippen LogP contribution in [0.3, 0.4) is 0 Å². The van der Waals surface area contributed by atoms with Gasteiger partial charge in [0, 0.05) is 6.54 Å². The third-order valence-electron chi connectivity index (χ3n) is 4.89. The van der Waals surface area contributed by atoms with Crippen LogP contribution in [0.1, 0.15) is 37.7 Å². The van der Waals surface area contributed by atoms with E-state index < -0.39 is 0 Å². The highest BCUT2D eigenvalue weighted by atomic mass is 16.5. The Hall–Kier alpha value is -3.21. The zero-order valence-electron chi connectivity index (χ0n) is 18.1. The standard InChI is InChI=1S/C25H29NO4/c1-25(2,3)20-9-7-19(8-10-20)16-26(17-23-6-5-15-29-23)24(27)18-30-22-13-11-21(28-4)12-14-22/h5-15H,16-18H2,1-4H3. The van der Waals surface area contributed by atoms with Gasteiger partial charge >= 0.3 is 0 Å². The summed E-state index contributed by atoms with van der Waals surface area (Å²) in [7, 11) is 1.61. The van der Waals surface area contributed by atoms with E-state index in [0.29, 0.717) is 18.8 Å². The van der Waals surface area contributed by atoms with Crippen LogP contribution in [0.15, 0.2) is 71.3 Å². The fraction of sp³-hybridized carbons (Fsp3) is 0.320. The quantitative estimate of drug-likeness (QED) is 0.515. The topological polar surface area (TPSA) is 51.9 Å². The van der Waals surface area contributed by atoms with E-state index in [0.717, 1.165) is 17.1 Å². The van der Waals surface area contributed by atoms with E-state index in [1.807, 2.05) is 12.1 Å². The van der Waals surface area contributed by atoms with Crippen LogP contribution >= 0.6 is 0 Å². The Morgan fingerprint density at radius 2 is 1.60 bits per heavy atom. The van der Waals surface area contributed by atoms with Gasteiger partial charge < -0.3 is 18.8 Å². The molecule has 0 atom stereocenters. The van der Waals surface area contributed by atoms with Gasteiger partial charge in [-0.3, -0.25) is 4.79 Å². The molecule has 3 rings (SSSR count). The number of nitrogens with zero attached hydrogens (tertiary/aromatic N) is 1. The fourth-order valence-electron chi connectivity index (χ4n) is 3.06. The molecule has 5 heteroatoms. The second-order valence-electron chi connectivity index (χ2n) is 8.24. The molecule has 1 aromatic heterocycles. The van der Waals surface area contributed by atoms with Crippen LogP contribution < -0.4 is 9.47 Å². The lowest BCUT2D eigenvalue weighted by Gasteiger charge is -2.23. The number of amides is 1. The summed E-state index contributed by atoms with van der Waals surface area (Å²) in [4.78, 5) is 14.7. The van der Waals surface area contributed by atoms with E-state index in [1.54, 1.807) is 42.5 Å². The summed E-state index contributed by atoms with van der Waals surface area (Å²) < 4.78 is 16.3. The molecule has 0 radical (unpaired) electrons. The average Bonchev–Trinajstić information content (AvgIpc) is 3.25. The predicted octanol–water partition coefficient (Wildman–Crippen LogP) is 5.19. The lowest BCUT2D eigenvalue weighted by Crippen LogP contribution is -2.34. The van der Waals surface area contributed by atoms with Crippen molar-refractivity contribution in [1.82, 2.24) is 4.90 Å². The number of carbonyl (C=O) groups is 1. The predicted molar refractivity (Wildman–Crippen MR) is 117 cm³/mol. The summed E-state index contributed by atoms with van der Waals surface area (Å²) in [6.45, 7) is 7.38. The fourth-order valence-corrected chi connectivity index (χ4v) is 3.06. The van der Waals surface area contributed by atoms with Gasteiger partial charge in [-0.25, -0.2) is 0 Å². The monoisotopic (exact) mass is 407 g/mol. The maximum Gasteiger partial charge on any atom is 0.261 e. The van der Waals surface area contributed by atoms with Crippen molar-refractivity contribution in [1.29, 1.82) is 0 Å². The van der Waals surface area contributed by atoms with Crippen LogP contribution in [0.25, 0.3) is 0 Å². The van der Waals surface area contributed by atoms with Crippen molar-refractivity contribution in [3.8, 4) is 11.5 Å². The van der Waals surface area contributed by atoms with Gasteiger partial charge in [-0.1, -0.05) is 45.0 Å². The molecule has 0 fully saturated rings. The van der Waals surface area contributed by atoms with E-state index in [9.17, 15) is 4.79 Å². The van der Waals surface area contributed by atoms with Crippen LogP contribution in [0.4, 0.5) is 0 Å². The highest BCUT2D eigenvalue weighted by Gasteiger charge is 2.18. The maximum absolute atomic E-state index is 12.9. The Bertz CT molecular complexity index is 923. The SMILES string of the molecule is COc1ccc(OCC(=O)N(Cc2ccc(C(C)(C)C)cc2)Cc2ccco2)cc1. The second-order valence-corrected chi connectivity index (χ2v) is 8.24. The molecular formula is C25H29NO4. The van der Waals surface area contributed by atoms with E-state index in [-0.39, 0.29) is 17.9 Å². The van der Waals surface area contributed by atoms with Crippen molar-refractivity contribution in [3.05, 3.63) is 83.8 Å². The minimum Gasteiger partial charge on any atom is -0.497 e. The van der Waals surface area contributed by atoms with E-state index in [1.165, 1.54) is 5.56 Å². The number of hydrogen-bond acceptors (Lipinski definition) is 4. The highest BCUT2D eigenvalue weighted by Crippen LogP contribution is 2.23. The molecular weight excluding hydrogens is 378 g/mol. The van der Waals surface area contributed by atoms with Crippen molar-refractivity contribution < 1.29 is 18.7 Å².